The first kappa shape index (κ1) is 8.87. The number of aryl methyl sites for hydroxylation is 1. The summed E-state index contributed by atoms with van der Waals surface area (Å²) in [5.41, 5.74) is 3.96. The highest BCUT2D eigenvalue weighted by Gasteiger charge is 2.11. The van der Waals surface area contributed by atoms with Crippen LogP contribution in [0.25, 0.3) is 11.5 Å². The summed E-state index contributed by atoms with van der Waals surface area (Å²) >= 11 is 0. The van der Waals surface area contributed by atoms with E-state index in [1.54, 1.807) is 6.20 Å². The van der Waals surface area contributed by atoms with Crippen LogP contribution in [0.2, 0.25) is 0 Å². The maximum Gasteiger partial charge on any atom is 0.181 e. The molecule has 72 valence electrons. The SMILES string of the molecule is Cc1nnc(-c2cnco2)c(C)c1C. The van der Waals surface area contributed by atoms with Crippen LogP contribution < -0.4 is 0 Å². The molecular weight excluding hydrogens is 178 g/mol. The molecule has 2 aromatic heterocycles. The van der Waals surface area contributed by atoms with Gasteiger partial charge in [0.05, 0.1) is 11.9 Å². The predicted octanol–water partition coefficient (Wildman–Crippen LogP) is 2.06. The van der Waals surface area contributed by atoms with Crippen molar-refractivity contribution in [1.29, 1.82) is 0 Å². The van der Waals surface area contributed by atoms with E-state index in [0.29, 0.717) is 5.76 Å². The first-order valence-corrected chi connectivity index (χ1v) is 4.39. The van der Waals surface area contributed by atoms with E-state index in [9.17, 15) is 0 Å². The second-order valence-electron chi connectivity index (χ2n) is 3.25. The molecule has 0 aliphatic rings. The highest BCUT2D eigenvalue weighted by molar-refractivity contribution is 5.57. The van der Waals surface area contributed by atoms with Crippen LogP contribution >= 0.6 is 0 Å². The number of hydrogen-bond donors (Lipinski definition) is 0. The molecule has 0 aliphatic carbocycles. The van der Waals surface area contributed by atoms with E-state index in [1.807, 2.05) is 20.8 Å². The van der Waals surface area contributed by atoms with E-state index in [-0.39, 0.29) is 0 Å². The highest BCUT2D eigenvalue weighted by Crippen LogP contribution is 2.22. The average molecular weight is 189 g/mol. The lowest BCUT2D eigenvalue weighted by Crippen LogP contribution is -1.98. The van der Waals surface area contributed by atoms with Crippen LogP contribution in [0.5, 0.6) is 0 Å². The molecule has 2 heterocycles. The second kappa shape index (κ2) is 3.21. The van der Waals surface area contributed by atoms with Crippen molar-refractivity contribution in [3.05, 3.63) is 29.4 Å². The number of oxazole rings is 1. The predicted molar refractivity (Wildman–Crippen MR) is 51.7 cm³/mol. The lowest BCUT2D eigenvalue weighted by Gasteiger charge is -2.05. The summed E-state index contributed by atoms with van der Waals surface area (Å²) in [6.45, 7) is 5.98. The Balaban J connectivity index is 2.61. The summed E-state index contributed by atoms with van der Waals surface area (Å²) in [5.74, 6) is 0.665. The van der Waals surface area contributed by atoms with Crippen LogP contribution in [0.4, 0.5) is 0 Å². The summed E-state index contributed by atoms with van der Waals surface area (Å²) in [7, 11) is 0. The van der Waals surface area contributed by atoms with Crippen LogP contribution in [0.3, 0.4) is 0 Å². The average Bonchev–Trinajstić information content (AvgIpc) is 2.67. The van der Waals surface area contributed by atoms with E-state index in [1.165, 1.54) is 6.39 Å². The molecule has 0 bridgehead atoms. The minimum absolute atomic E-state index is 0.665. The molecule has 0 amide bonds. The van der Waals surface area contributed by atoms with Gasteiger partial charge in [-0.15, -0.1) is 5.10 Å². The zero-order valence-corrected chi connectivity index (χ0v) is 8.40. The van der Waals surface area contributed by atoms with Gasteiger partial charge >= 0.3 is 0 Å². The zero-order valence-electron chi connectivity index (χ0n) is 8.40. The molecule has 4 heteroatoms. The standard InChI is InChI=1S/C10H11N3O/c1-6-7(2)10(13-12-8(6)3)9-4-11-5-14-9/h4-5H,1-3H3. The Hall–Kier alpha value is -1.71. The fraction of sp³-hybridized carbons (Fsp3) is 0.300. The van der Waals surface area contributed by atoms with Gasteiger partial charge < -0.3 is 4.42 Å². The van der Waals surface area contributed by atoms with E-state index in [4.69, 9.17) is 4.42 Å². The molecule has 0 aromatic carbocycles. The molecule has 0 spiro atoms. The van der Waals surface area contributed by atoms with Gasteiger partial charge in [-0.3, -0.25) is 0 Å². The molecule has 0 saturated carbocycles. The first-order chi connectivity index (χ1) is 6.70. The molecule has 2 aromatic rings. The van der Waals surface area contributed by atoms with Gasteiger partial charge in [-0.1, -0.05) is 0 Å². The fourth-order valence-corrected chi connectivity index (χ4v) is 1.29. The van der Waals surface area contributed by atoms with Gasteiger partial charge in [0.2, 0.25) is 0 Å². The van der Waals surface area contributed by atoms with Gasteiger partial charge in [-0.25, -0.2) is 4.98 Å². The third-order valence-corrected chi connectivity index (χ3v) is 2.43. The molecule has 0 saturated heterocycles. The van der Waals surface area contributed by atoms with Gasteiger partial charge in [-0.2, -0.15) is 5.10 Å². The monoisotopic (exact) mass is 189 g/mol. The van der Waals surface area contributed by atoms with Gasteiger partial charge in [0.15, 0.2) is 12.2 Å². The molecule has 0 aliphatic heterocycles. The Morgan fingerprint density at radius 1 is 1.07 bits per heavy atom. The molecule has 0 N–H and O–H groups in total. The number of nitrogens with zero attached hydrogens (tertiary/aromatic N) is 3. The van der Waals surface area contributed by atoms with Crippen molar-refractivity contribution >= 4 is 0 Å². The summed E-state index contributed by atoms with van der Waals surface area (Å²) in [6.07, 6.45) is 3.04. The molecule has 0 fully saturated rings. The smallest absolute Gasteiger partial charge is 0.181 e. The Morgan fingerprint density at radius 3 is 2.50 bits per heavy atom. The molecule has 0 radical (unpaired) electrons. The zero-order chi connectivity index (χ0) is 10.1. The summed E-state index contributed by atoms with van der Waals surface area (Å²) < 4.78 is 5.18. The van der Waals surface area contributed by atoms with Crippen molar-refractivity contribution in [3.8, 4) is 11.5 Å². The Labute approximate surface area is 82.0 Å². The topological polar surface area (TPSA) is 51.8 Å². The van der Waals surface area contributed by atoms with Crippen LogP contribution in [-0.4, -0.2) is 15.2 Å². The Bertz CT molecular complexity index is 449. The molecule has 14 heavy (non-hydrogen) atoms. The van der Waals surface area contributed by atoms with Gasteiger partial charge in [0, 0.05) is 0 Å². The largest absolute Gasteiger partial charge is 0.442 e. The van der Waals surface area contributed by atoms with E-state index >= 15 is 0 Å². The van der Waals surface area contributed by atoms with Gasteiger partial charge in [0.1, 0.15) is 5.69 Å². The minimum Gasteiger partial charge on any atom is -0.442 e. The summed E-state index contributed by atoms with van der Waals surface area (Å²) in [4.78, 5) is 3.86. The van der Waals surface area contributed by atoms with Crippen molar-refractivity contribution < 1.29 is 4.42 Å². The fourth-order valence-electron chi connectivity index (χ4n) is 1.29. The summed E-state index contributed by atoms with van der Waals surface area (Å²) in [6, 6.07) is 0. The van der Waals surface area contributed by atoms with E-state index in [2.05, 4.69) is 15.2 Å². The first-order valence-electron chi connectivity index (χ1n) is 4.39. The number of aromatic nitrogens is 3. The van der Waals surface area contributed by atoms with Crippen molar-refractivity contribution in [3.63, 3.8) is 0 Å². The van der Waals surface area contributed by atoms with Crippen LogP contribution in [0.1, 0.15) is 16.8 Å². The Morgan fingerprint density at radius 2 is 1.86 bits per heavy atom. The third kappa shape index (κ3) is 1.28. The van der Waals surface area contributed by atoms with Crippen molar-refractivity contribution in [2.24, 2.45) is 0 Å². The van der Waals surface area contributed by atoms with Crippen molar-refractivity contribution in [1.82, 2.24) is 15.2 Å². The number of hydrogen-bond acceptors (Lipinski definition) is 4. The minimum atomic E-state index is 0.665. The lowest BCUT2D eigenvalue weighted by molar-refractivity contribution is 0.568. The highest BCUT2D eigenvalue weighted by atomic mass is 16.3. The van der Waals surface area contributed by atoms with Crippen molar-refractivity contribution in [2.75, 3.05) is 0 Å². The molecule has 4 nitrogen and oxygen atoms in total. The number of rotatable bonds is 1. The normalized spacial score (nSPS) is 10.5. The van der Waals surface area contributed by atoms with E-state index in [0.717, 1.165) is 22.5 Å². The molecular formula is C10H11N3O. The molecule has 2 rings (SSSR count). The van der Waals surface area contributed by atoms with Crippen LogP contribution in [0, 0.1) is 20.8 Å². The molecule has 0 atom stereocenters. The lowest BCUT2D eigenvalue weighted by atomic mass is 10.1. The quantitative estimate of drug-likeness (QED) is 0.689. The Kier molecular flexibility index (Phi) is 2.04. The van der Waals surface area contributed by atoms with Gasteiger partial charge in [0.25, 0.3) is 0 Å². The van der Waals surface area contributed by atoms with Crippen LogP contribution in [-0.2, 0) is 0 Å². The second-order valence-corrected chi connectivity index (χ2v) is 3.25. The molecule has 0 unspecified atom stereocenters. The summed E-state index contributed by atoms with van der Waals surface area (Å²) in [5, 5.41) is 8.16. The van der Waals surface area contributed by atoms with Crippen LogP contribution in [0.15, 0.2) is 17.0 Å². The maximum absolute atomic E-state index is 5.18. The van der Waals surface area contributed by atoms with Crippen molar-refractivity contribution in [2.45, 2.75) is 20.8 Å². The van der Waals surface area contributed by atoms with Gasteiger partial charge in [-0.05, 0) is 31.9 Å². The van der Waals surface area contributed by atoms with E-state index < -0.39 is 0 Å². The maximum atomic E-state index is 5.18. The third-order valence-electron chi connectivity index (χ3n) is 2.43.